The Morgan fingerprint density at radius 2 is 2.14 bits per heavy atom. The molecule has 0 aromatic heterocycles. The van der Waals surface area contributed by atoms with Gasteiger partial charge in [0.1, 0.15) is 6.04 Å². The number of hydrogen-bond donors (Lipinski definition) is 1. The van der Waals surface area contributed by atoms with Gasteiger partial charge in [0.15, 0.2) is 0 Å². The number of thioether (sulfide) groups is 1. The smallest absolute Gasteiger partial charge is 0.255 e. The lowest BCUT2D eigenvalue weighted by Crippen LogP contribution is -2.47. The van der Waals surface area contributed by atoms with E-state index in [1.807, 2.05) is 18.2 Å². The topological polar surface area (TPSA) is 58.6 Å². The van der Waals surface area contributed by atoms with E-state index >= 15 is 0 Å². The lowest BCUT2D eigenvalue weighted by Gasteiger charge is -2.23. The number of hydrogen-bond acceptors (Lipinski definition) is 4. The quantitative estimate of drug-likeness (QED) is 0.806. The van der Waals surface area contributed by atoms with Crippen LogP contribution in [0.25, 0.3) is 0 Å². The van der Waals surface area contributed by atoms with E-state index in [2.05, 4.69) is 5.32 Å². The molecule has 2 rings (SSSR count). The third kappa shape index (κ3) is 4.22. The summed E-state index contributed by atoms with van der Waals surface area (Å²) in [6.07, 6.45) is 0.773. The molecule has 1 aromatic rings. The molecule has 0 radical (unpaired) electrons. The van der Waals surface area contributed by atoms with Crippen molar-refractivity contribution in [2.24, 2.45) is 0 Å². The Labute approximate surface area is 129 Å². The SMILES string of the molecule is COCCCNC(=O)[C@@H]1CSCN1C(=O)c1ccccc1. The van der Waals surface area contributed by atoms with Crippen LogP contribution in [-0.2, 0) is 9.53 Å². The van der Waals surface area contributed by atoms with Crippen molar-refractivity contribution in [3.8, 4) is 0 Å². The number of carbonyl (C=O) groups is 2. The number of nitrogens with zero attached hydrogens (tertiary/aromatic N) is 1. The van der Waals surface area contributed by atoms with Crippen molar-refractivity contribution in [3.63, 3.8) is 0 Å². The summed E-state index contributed by atoms with van der Waals surface area (Å²) in [4.78, 5) is 26.3. The van der Waals surface area contributed by atoms with E-state index < -0.39 is 0 Å². The Morgan fingerprint density at radius 3 is 2.86 bits per heavy atom. The molecule has 0 spiro atoms. The molecule has 0 saturated carbocycles. The van der Waals surface area contributed by atoms with Gasteiger partial charge in [-0.25, -0.2) is 0 Å². The number of carbonyl (C=O) groups excluding carboxylic acids is 2. The minimum Gasteiger partial charge on any atom is -0.385 e. The molecule has 1 heterocycles. The highest BCUT2D eigenvalue weighted by molar-refractivity contribution is 7.99. The molecular formula is C15H20N2O3S. The normalized spacial score (nSPS) is 17.8. The molecule has 1 atom stereocenters. The number of benzene rings is 1. The van der Waals surface area contributed by atoms with Gasteiger partial charge >= 0.3 is 0 Å². The lowest BCUT2D eigenvalue weighted by molar-refractivity contribution is -0.124. The Hall–Kier alpha value is -1.53. The van der Waals surface area contributed by atoms with Crippen LogP contribution in [0.2, 0.25) is 0 Å². The van der Waals surface area contributed by atoms with Crippen LogP contribution < -0.4 is 5.32 Å². The Morgan fingerprint density at radius 1 is 1.38 bits per heavy atom. The minimum atomic E-state index is -0.384. The Bertz CT molecular complexity index is 481. The third-order valence-corrected chi connectivity index (χ3v) is 4.30. The van der Waals surface area contributed by atoms with Gasteiger partial charge in [-0.3, -0.25) is 9.59 Å². The molecule has 0 bridgehead atoms. The summed E-state index contributed by atoms with van der Waals surface area (Å²) < 4.78 is 4.95. The van der Waals surface area contributed by atoms with Crippen molar-refractivity contribution in [2.75, 3.05) is 31.9 Å². The molecule has 1 aromatic carbocycles. The monoisotopic (exact) mass is 308 g/mol. The van der Waals surface area contributed by atoms with E-state index in [9.17, 15) is 9.59 Å². The van der Waals surface area contributed by atoms with Gasteiger partial charge in [-0.2, -0.15) is 0 Å². The highest BCUT2D eigenvalue weighted by Gasteiger charge is 2.34. The minimum absolute atomic E-state index is 0.0830. The first-order valence-electron chi connectivity index (χ1n) is 6.94. The second kappa shape index (κ2) is 8.05. The van der Waals surface area contributed by atoms with Crippen molar-refractivity contribution in [1.29, 1.82) is 0 Å². The predicted octanol–water partition coefficient (Wildman–Crippen LogP) is 1.35. The predicted molar refractivity (Wildman–Crippen MR) is 83.2 cm³/mol. The fourth-order valence-electron chi connectivity index (χ4n) is 2.15. The number of nitrogens with one attached hydrogen (secondary N) is 1. The van der Waals surface area contributed by atoms with Crippen LogP contribution in [0.4, 0.5) is 0 Å². The van der Waals surface area contributed by atoms with Gasteiger partial charge < -0.3 is 15.0 Å². The van der Waals surface area contributed by atoms with E-state index in [0.29, 0.717) is 30.3 Å². The summed E-state index contributed by atoms with van der Waals surface area (Å²) in [7, 11) is 1.63. The maximum Gasteiger partial charge on any atom is 0.255 e. The zero-order chi connectivity index (χ0) is 15.1. The molecule has 1 N–H and O–H groups in total. The van der Waals surface area contributed by atoms with Crippen LogP contribution in [0.1, 0.15) is 16.8 Å². The highest BCUT2D eigenvalue weighted by atomic mass is 32.2. The Kier molecular flexibility index (Phi) is 6.07. The van der Waals surface area contributed by atoms with Crippen molar-refractivity contribution in [1.82, 2.24) is 10.2 Å². The standard InChI is InChI=1S/C15H20N2O3S/c1-20-9-5-8-16-14(18)13-10-21-11-17(13)15(19)12-6-3-2-4-7-12/h2-4,6-7,13H,5,8-11H2,1H3,(H,16,18)/t13-/m0/s1. The van der Waals surface area contributed by atoms with Gasteiger partial charge in [0.2, 0.25) is 5.91 Å². The van der Waals surface area contributed by atoms with Gasteiger partial charge in [0.25, 0.3) is 5.91 Å². The number of amides is 2. The average Bonchev–Trinajstić information content (AvgIpc) is 3.01. The van der Waals surface area contributed by atoms with Gasteiger partial charge in [-0.1, -0.05) is 18.2 Å². The fraction of sp³-hybridized carbons (Fsp3) is 0.467. The molecule has 114 valence electrons. The van der Waals surface area contributed by atoms with Crippen LogP contribution in [-0.4, -0.2) is 54.6 Å². The molecular weight excluding hydrogens is 288 g/mol. The summed E-state index contributed by atoms with van der Waals surface area (Å²) in [5, 5.41) is 2.87. The van der Waals surface area contributed by atoms with Gasteiger partial charge in [0.05, 0.1) is 5.88 Å². The van der Waals surface area contributed by atoms with Crippen LogP contribution >= 0.6 is 11.8 Å². The molecule has 1 fully saturated rings. The van der Waals surface area contributed by atoms with Crippen LogP contribution in [0.5, 0.6) is 0 Å². The van der Waals surface area contributed by atoms with Crippen LogP contribution in [0.3, 0.4) is 0 Å². The average molecular weight is 308 g/mol. The summed E-state index contributed by atoms with van der Waals surface area (Å²) in [6, 6.07) is 8.70. The van der Waals surface area contributed by atoms with Crippen molar-refractivity contribution < 1.29 is 14.3 Å². The second-order valence-electron chi connectivity index (χ2n) is 4.79. The van der Waals surface area contributed by atoms with Gasteiger partial charge in [0, 0.05) is 31.6 Å². The van der Waals surface area contributed by atoms with Gasteiger partial charge in [-0.05, 0) is 18.6 Å². The Balaban J connectivity index is 1.93. The first-order valence-corrected chi connectivity index (χ1v) is 8.10. The molecule has 21 heavy (non-hydrogen) atoms. The summed E-state index contributed by atoms with van der Waals surface area (Å²) in [5.41, 5.74) is 0.622. The third-order valence-electron chi connectivity index (χ3n) is 3.29. The summed E-state index contributed by atoms with van der Waals surface area (Å²) >= 11 is 1.60. The molecule has 1 saturated heterocycles. The zero-order valence-electron chi connectivity index (χ0n) is 12.1. The van der Waals surface area contributed by atoms with Crippen molar-refractivity contribution in [3.05, 3.63) is 35.9 Å². The maximum atomic E-state index is 12.5. The molecule has 1 aliphatic rings. The molecule has 0 aliphatic carbocycles. The highest BCUT2D eigenvalue weighted by Crippen LogP contribution is 2.23. The first kappa shape index (κ1) is 15.9. The van der Waals surface area contributed by atoms with Crippen molar-refractivity contribution in [2.45, 2.75) is 12.5 Å². The lowest BCUT2D eigenvalue weighted by atomic mass is 10.1. The largest absolute Gasteiger partial charge is 0.385 e. The van der Waals surface area contributed by atoms with E-state index in [0.717, 1.165) is 6.42 Å². The maximum absolute atomic E-state index is 12.5. The second-order valence-corrected chi connectivity index (χ2v) is 5.79. The molecule has 0 unspecified atom stereocenters. The number of rotatable bonds is 6. The molecule has 2 amide bonds. The van der Waals surface area contributed by atoms with E-state index in [1.54, 1.807) is 35.9 Å². The van der Waals surface area contributed by atoms with Gasteiger partial charge in [-0.15, -0.1) is 11.8 Å². The number of ether oxygens (including phenoxy) is 1. The van der Waals surface area contributed by atoms with E-state index in [-0.39, 0.29) is 17.9 Å². The molecule has 5 nitrogen and oxygen atoms in total. The van der Waals surface area contributed by atoms with Crippen LogP contribution in [0, 0.1) is 0 Å². The van der Waals surface area contributed by atoms with Crippen molar-refractivity contribution >= 4 is 23.6 Å². The number of methoxy groups -OCH3 is 1. The zero-order valence-corrected chi connectivity index (χ0v) is 12.9. The summed E-state index contributed by atoms with van der Waals surface area (Å²) in [5.74, 6) is 1.04. The summed E-state index contributed by atoms with van der Waals surface area (Å²) in [6.45, 7) is 1.19. The molecule has 1 aliphatic heterocycles. The van der Waals surface area contributed by atoms with Crippen LogP contribution in [0.15, 0.2) is 30.3 Å². The first-order chi connectivity index (χ1) is 10.2. The van der Waals surface area contributed by atoms with E-state index in [4.69, 9.17) is 4.74 Å². The van der Waals surface area contributed by atoms with E-state index in [1.165, 1.54) is 0 Å². The fourth-order valence-corrected chi connectivity index (χ4v) is 3.31. The molecule has 6 heteroatoms.